The summed E-state index contributed by atoms with van der Waals surface area (Å²) in [6, 6.07) is 0. The molecule has 0 unspecified atom stereocenters. The van der Waals surface area contributed by atoms with E-state index in [0.29, 0.717) is 17.7 Å². The minimum atomic E-state index is 0.438. The van der Waals surface area contributed by atoms with Gasteiger partial charge < -0.3 is 5.73 Å². The highest BCUT2D eigenvalue weighted by Gasteiger charge is 2.29. The van der Waals surface area contributed by atoms with Gasteiger partial charge in [-0.3, -0.25) is 0 Å². The molecule has 0 spiro atoms. The first-order valence-electron chi connectivity index (χ1n) is 6.00. The molecule has 0 atom stereocenters. The van der Waals surface area contributed by atoms with Gasteiger partial charge in [-0.2, -0.15) is 0 Å². The number of hydrogen-bond acceptors (Lipinski definition) is 3. The number of aromatic nitrogens is 2. The Kier molecular flexibility index (Phi) is 3.47. The van der Waals surface area contributed by atoms with Crippen LogP contribution in [-0.4, -0.2) is 9.97 Å². The number of rotatable bonds is 4. The third-order valence-corrected chi connectivity index (χ3v) is 4.05. The average molecular weight is 284 g/mol. The molecule has 2 rings (SSSR count). The van der Waals surface area contributed by atoms with Gasteiger partial charge in [-0.05, 0) is 41.6 Å². The summed E-state index contributed by atoms with van der Waals surface area (Å²) in [5, 5.41) is 0. The van der Waals surface area contributed by atoms with Gasteiger partial charge in [0, 0.05) is 11.8 Å². The van der Waals surface area contributed by atoms with Crippen molar-refractivity contribution in [1.82, 2.24) is 9.97 Å². The standard InChI is InChI=1S/C12H18BrN3/c1-3-7(4-2)12-15-10(8-5-6-8)9(13)11(14)16-12/h7-8H,3-6H2,1-2H3,(H2,14,15,16). The van der Waals surface area contributed by atoms with Crippen molar-refractivity contribution in [3.8, 4) is 0 Å². The minimum absolute atomic E-state index is 0.438. The monoisotopic (exact) mass is 283 g/mol. The normalized spacial score (nSPS) is 15.8. The smallest absolute Gasteiger partial charge is 0.141 e. The van der Waals surface area contributed by atoms with Crippen molar-refractivity contribution in [2.24, 2.45) is 0 Å². The summed E-state index contributed by atoms with van der Waals surface area (Å²) in [6.07, 6.45) is 4.61. The molecule has 1 heterocycles. The Morgan fingerprint density at radius 3 is 2.44 bits per heavy atom. The highest BCUT2D eigenvalue weighted by atomic mass is 79.9. The van der Waals surface area contributed by atoms with Crippen molar-refractivity contribution < 1.29 is 0 Å². The molecule has 1 aromatic heterocycles. The van der Waals surface area contributed by atoms with Crippen LogP contribution < -0.4 is 5.73 Å². The minimum Gasteiger partial charge on any atom is -0.383 e. The van der Waals surface area contributed by atoms with Gasteiger partial charge in [-0.1, -0.05) is 13.8 Å². The number of hydrogen-bond donors (Lipinski definition) is 1. The summed E-state index contributed by atoms with van der Waals surface area (Å²) in [6.45, 7) is 4.35. The second kappa shape index (κ2) is 4.70. The van der Waals surface area contributed by atoms with E-state index in [1.807, 2.05) is 0 Å². The zero-order valence-electron chi connectivity index (χ0n) is 9.83. The van der Waals surface area contributed by atoms with E-state index in [9.17, 15) is 0 Å². The van der Waals surface area contributed by atoms with E-state index >= 15 is 0 Å². The first-order chi connectivity index (χ1) is 7.67. The van der Waals surface area contributed by atoms with Gasteiger partial charge in [0.1, 0.15) is 11.6 Å². The van der Waals surface area contributed by atoms with Crippen LogP contribution in [0.4, 0.5) is 5.82 Å². The fraction of sp³-hybridized carbons (Fsp3) is 0.667. The van der Waals surface area contributed by atoms with Gasteiger partial charge >= 0.3 is 0 Å². The van der Waals surface area contributed by atoms with E-state index in [2.05, 4.69) is 34.8 Å². The van der Waals surface area contributed by atoms with Crippen molar-refractivity contribution in [3.05, 3.63) is 16.0 Å². The van der Waals surface area contributed by atoms with E-state index in [-0.39, 0.29) is 0 Å². The molecule has 1 saturated carbocycles. The molecule has 1 aromatic rings. The van der Waals surface area contributed by atoms with Crippen LogP contribution in [0.15, 0.2) is 4.47 Å². The van der Waals surface area contributed by atoms with Gasteiger partial charge in [0.25, 0.3) is 0 Å². The SMILES string of the molecule is CCC(CC)c1nc(N)c(Br)c(C2CC2)n1. The molecule has 0 saturated heterocycles. The molecule has 3 nitrogen and oxygen atoms in total. The highest BCUT2D eigenvalue weighted by molar-refractivity contribution is 9.10. The number of anilines is 1. The van der Waals surface area contributed by atoms with Crippen LogP contribution in [0.5, 0.6) is 0 Å². The molecular weight excluding hydrogens is 266 g/mol. The van der Waals surface area contributed by atoms with E-state index < -0.39 is 0 Å². The van der Waals surface area contributed by atoms with Crippen LogP contribution in [0, 0.1) is 0 Å². The summed E-state index contributed by atoms with van der Waals surface area (Å²) in [5.74, 6) is 2.56. The van der Waals surface area contributed by atoms with Crippen LogP contribution in [0.25, 0.3) is 0 Å². The molecule has 0 bridgehead atoms. The molecule has 1 aliphatic rings. The summed E-state index contributed by atoms with van der Waals surface area (Å²) in [4.78, 5) is 9.10. The number of halogens is 1. The topological polar surface area (TPSA) is 51.8 Å². The van der Waals surface area contributed by atoms with Gasteiger partial charge in [0.2, 0.25) is 0 Å². The van der Waals surface area contributed by atoms with Crippen molar-refractivity contribution in [2.75, 3.05) is 5.73 Å². The van der Waals surface area contributed by atoms with E-state index in [0.717, 1.165) is 28.8 Å². The molecule has 0 aromatic carbocycles. The lowest BCUT2D eigenvalue weighted by Gasteiger charge is -2.14. The second-order valence-corrected chi connectivity index (χ2v) is 5.25. The molecule has 0 aliphatic heterocycles. The fourth-order valence-electron chi connectivity index (χ4n) is 1.96. The number of nitrogen functional groups attached to an aromatic ring is 1. The number of nitrogens with two attached hydrogens (primary N) is 1. The van der Waals surface area contributed by atoms with Crippen LogP contribution >= 0.6 is 15.9 Å². The second-order valence-electron chi connectivity index (χ2n) is 4.45. The summed E-state index contributed by atoms with van der Waals surface area (Å²) < 4.78 is 0.907. The predicted octanol–water partition coefficient (Wildman–Crippen LogP) is 3.60. The predicted molar refractivity (Wildman–Crippen MR) is 69.4 cm³/mol. The lowest BCUT2D eigenvalue weighted by Crippen LogP contribution is -2.08. The van der Waals surface area contributed by atoms with Crippen molar-refractivity contribution >= 4 is 21.7 Å². The van der Waals surface area contributed by atoms with Crippen molar-refractivity contribution in [3.63, 3.8) is 0 Å². The Hall–Kier alpha value is -0.640. The molecule has 0 amide bonds. The van der Waals surface area contributed by atoms with E-state index in [1.54, 1.807) is 0 Å². The zero-order valence-corrected chi connectivity index (χ0v) is 11.4. The lowest BCUT2D eigenvalue weighted by atomic mass is 10.0. The fourth-order valence-corrected chi connectivity index (χ4v) is 2.47. The van der Waals surface area contributed by atoms with Crippen LogP contribution in [0.3, 0.4) is 0 Å². The molecule has 1 aliphatic carbocycles. The third-order valence-electron chi connectivity index (χ3n) is 3.23. The van der Waals surface area contributed by atoms with Crippen molar-refractivity contribution in [2.45, 2.75) is 51.4 Å². The highest BCUT2D eigenvalue weighted by Crippen LogP contribution is 2.43. The molecule has 88 valence electrons. The van der Waals surface area contributed by atoms with Crippen LogP contribution in [0.1, 0.15) is 62.9 Å². The van der Waals surface area contributed by atoms with Gasteiger partial charge in [-0.25, -0.2) is 9.97 Å². The first-order valence-corrected chi connectivity index (χ1v) is 6.79. The van der Waals surface area contributed by atoms with Crippen LogP contribution in [-0.2, 0) is 0 Å². The largest absolute Gasteiger partial charge is 0.383 e. The Morgan fingerprint density at radius 2 is 1.94 bits per heavy atom. The van der Waals surface area contributed by atoms with Gasteiger partial charge in [0.15, 0.2) is 0 Å². The zero-order chi connectivity index (χ0) is 11.7. The van der Waals surface area contributed by atoms with E-state index in [4.69, 9.17) is 10.7 Å². The summed E-state index contributed by atoms with van der Waals surface area (Å²) in [7, 11) is 0. The molecule has 0 radical (unpaired) electrons. The quantitative estimate of drug-likeness (QED) is 0.919. The molecule has 2 N–H and O–H groups in total. The van der Waals surface area contributed by atoms with E-state index in [1.165, 1.54) is 12.8 Å². The molecule has 4 heteroatoms. The van der Waals surface area contributed by atoms with Crippen LogP contribution in [0.2, 0.25) is 0 Å². The molecular formula is C12H18BrN3. The van der Waals surface area contributed by atoms with Gasteiger partial charge in [-0.15, -0.1) is 0 Å². The lowest BCUT2D eigenvalue weighted by molar-refractivity contribution is 0.598. The number of nitrogens with zero attached hydrogens (tertiary/aromatic N) is 2. The van der Waals surface area contributed by atoms with Crippen molar-refractivity contribution in [1.29, 1.82) is 0 Å². The maximum Gasteiger partial charge on any atom is 0.141 e. The maximum atomic E-state index is 5.94. The summed E-state index contributed by atoms with van der Waals surface area (Å²) >= 11 is 3.50. The third kappa shape index (κ3) is 2.21. The Bertz CT molecular complexity index is 384. The molecule has 1 fully saturated rings. The Morgan fingerprint density at radius 1 is 1.31 bits per heavy atom. The van der Waals surface area contributed by atoms with Gasteiger partial charge in [0.05, 0.1) is 10.2 Å². The Balaban J connectivity index is 2.39. The summed E-state index contributed by atoms with van der Waals surface area (Å²) in [5.41, 5.74) is 7.06. The average Bonchev–Trinajstić information content (AvgIpc) is 3.08. The molecule has 16 heavy (non-hydrogen) atoms. The first kappa shape index (κ1) is 11.8. The Labute approximate surface area is 105 Å². The maximum absolute atomic E-state index is 5.94.